The summed E-state index contributed by atoms with van der Waals surface area (Å²) in [5, 5.41) is 14.4. The number of carboxylic acid groups (broad SMARTS) is 1. The van der Waals surface area contributed by atoms with Crippen LogP contribution in [0.1, 0.15) is 49.5 Å². The number of amides is 1. The molecule has 0 bridgehead atoms. The van der Waals surface area contributed by atoms with E-state index in [1.807, 2.05) is 54.9 Å². The van der Waals surface area contributed by atoms with Crippen molar-refractivity contribution in [2.45, 2.75) is 45.2 Å². The van der Waals surface area contributed by atoms with Crippen molar-refractivity contribution in [3.63, 3.8) is 0 Å². The molecule has 4 rings (SSSR count). The largest absolute Gasteiger partial charge is 0.481 e. The summed E-state index contributed by atoms with van der Waals surface area (Å²) >= 11 is 0. The van der Waals surface area contributed by atoms with E-state index in [0.717, 1.165) is 12.0 Å². The molecule has 2 aromatic heterocycles. The van der Waals surface area contributed by atoms with Gasteiger partial charge in [0.05, 0.1) is 29.3 Å². The van der Waals surface area contributed by atoms with Crippen LogP contribution in [-0.2, 0) is 4.79 Å². The van der Waals surface area contributed by atoms with Crippen LogP contribution < -0.4 is 0 Å². The van der Waals surface area contributed by atoms with Crippen LogP contribution in [0.5, 0.6) is 0 Å². The van der Waals surface area contributed by atoms with Gasteiger partial charge in [-0.25, -0.2) is 9.67 Å². The number of pyridine rings is 1. The maximum absolute atomic E-state index is 13.5. The van der Waals surface area contributed by atoms with Crippen molar-refractivity contribution in [2.75, 3.05) is 6.54 Å². The Balaban J connectivity index is 1.84. The molecule has 1 unspecified atom stereocenters. The third-order valence-corrected chi connectivity index (χ3v) is 5.40. The first-order valence-corrected chi connectivity index (χ1v) is 9.92. The molecule has 7 nitrogen and oxygen atoms in total. The van der Waals surface area contributed by atoms with E-state index in [1.54, 1.807) is 11.1 Å². The van der Waals surface area contributed by atoms with Gasteiger partial charge in [-0.2, -0.15) is 5.10 Å². The molecule has 3 heterocycles. The second-order valence-electron chi connectivity index (χ2n) is 7.73. The Kier molecular flexibility index (Phi) is 5.05. The second-order valence-corrected chi connectivity index (χ2v) is 7.73. The molecule has 0 saturated carbocycles. The molecule has 150 valence electrons. The molecule has 1 atom stereocenters. The van der Waals surface area contributed by atoms with Crippen LogP contribution in [0.4, 0.5) is 0 Å². The predicted octanol–water partition coefficient (Wildman–Crippen LogP) is 3.76. The Labute approximate surface area is 169 Å². The Morgan fingerprint density at radius 3 is 2.69 bits per heavy atom. The molecule has 0 radical (unpaired) electrons. The number of aromatic nitrogens is 3. The lowest BCUT2D eigenvalue weighted by Gasteiger charge is -2.24. The zero-order valence-corrected chi connectivity index (χ0v) is 16.6. The molecule has 3 aromatic rings. The molecule has 1 aromatic carbocycles. The SMILES string of the molecule is CC(C)n1ncc2c(C(=O)N3CCCC3CC(=O)O)cc(-c3ccccc3)nc21. The van der Waals surface area contributed by atoms with E-state index in [1.165, 1.54) is 0 Å². The summed E-state index contributed by atoms with van der Waals surface area (Å²) in [5.41, 5.74) is 2.82. The number of carbonyl (C=O) groups excluding carboxylic acids is 1. The molecule has 29 heavy (non-hydrogen) atoms. The summed E-state index contributed by atoms with van der Waals surface area (Å²) in [4.78, 5) is 31.2. The van der Waals surface area contributed by atoms with Crippen molar-refractivity contribution in [1.29, 1.82) is 0 Å². The fourth-order valence-corrected chi connectivity index (χ4v) is 4.00. The van der Waals surface area contributed by atoms with Gasteiger partial charge < -0.3 is 10.0 Å². The first-order chi connectivity index (χ1) is 14.0. The number of likely N-dealkylation sites (tertiary alicyclic amines) is 1. The molecule has 0 spiro atoms. The van der Waals surface area contributed by atoms with Gasteiger partial charge in [-0.1, -0.05) is 30.3 Å². The smallest absolute Gasteiger partial charge is 0.305 e. The van der Waals surface area contributed by atoms with Crippen molar-refractivity contribution >= 4 is 22.9 Å². The number of carbonyl (C=O) groups is 2. The Morgan fingerprint density at radius 1 is 1.24 bits per heavy atom. The highest BCUT2D eigenvalue weighted by atomic mass is 16.4. The van der Waals surface area contributed by atoms with Crippen molar-refractivity contribution in [3.8, 4) is 11.3 Å². The molecule has 1 fully saturated rings. The fraction of sp³-hybridized carbons (Fsp3) is 0.364. The summed E-state index contributed by atoms with van der Waals surface area (Å²) in [6.07, 6.45) is 3.18. The van der Waals surface area contributed by atoms with Crippen LogP contribution in [0, 0.1) is 0 Å². The Hall–Kier alpha value is -3.22. The lowest BCUT2D eigenvalue weighted by atomic mass is 10.0. The van der Waals surface area contributed by atoms with Gasteiger partial charge in [0.1, 0.15) is 0 Å². The van der Waals surface area contributed by atoms with E-state index in [4.69, 9.17) is 4.98 Å². The minimum absolute atomic E-state index is 0.0310. The lowest BCUT2D eigenvalue weighted by Crippen LogP contribution is -2.37. The fourth-order valence-electron chi connectivity index (χ4n) is 4.00. The van der Waals surface area contributed by atoms with Gasteiger partial charge in [0, 0.05) is 24.2 Å². The summed E-state index contributed by atoms with van der Waals surface area (Å²) in [7, 11) is 0. The van der Waals surface area contributed by atoms with Crippen LogP contribution in [0.2, 0.25) is 0 Å². The van der Waals surface area contributed by atoms with Crippen LogP contribution in [0.25, 0.3) is 22.3 Å². The number of hydrogen-bond donors (Lipinski definition) is 1. The average molecular weight is 392 g/mol. The van der Waals surface area contributed by atoms with E-state index < -0.39 is 5.97 Å². The highest BCUT2D eigenvalue weighted by Crippen LogP contribution is 2.30. The molecule has 1 saturated heterocycles. The monoisotopic (exact) mass is 392 g/mol. The standard InChI is InChI=1S/C22H24N4O3/c1-14(2)26-21-18(13-23-26)17(12-19(24-21)15-7-4-3-5-8-15)22(29)25-10-6-9-16(25)11-20(27)28/h3-5,7-8,12-14,16H,6,9-11H2,1-2H3,(H,27,28). The molecule has 0 aliphatic carbocycles. The third-order valence-electron chi connectivity index (χ3n) is 5.40. The van der Waals surface area contributed by atoms with Crippen molar-refractivity contribution < 1.29 is 14.7 Å². The first kappa shape index (κ1) is 19.1. The number of fused-ring (bicyclic) bond motifs is 1. The van der Waals surface area contributed by atoms with Gasteiger partial charge in [-0.3, -0.25) is 9.59 Å². The quantitative estimate of drug-likeness (QED) is 0.714. The maximum atomic E-state index is 13.5. The number of hydrogen-bond acceptors (Lipinski definition) is 4. The molecule has 1 amide bonds. The van der Waals surface area contributed by atoms with Crippen molar-refractivity contribution in [3.05, 3.63) is 48.2 Å². The lowest BCUT2D eigenvalue weighted by molar-refractivity contribution is -0.137. The van der Waals surface area contributed by atoms with Crippen molar-refractivity contribution in [1.82, 2.24) is 19.7 Å². The topological polar surface area (TPSA) is 88.3 Å². The molecule has 1 aliphatic rings. The molecular weight excluding hydrogens is 368 g/mol. The van der Waals surface area contributed by atoms with Gasteiger partial charge in [0.25, 0.3) is 5.91 Å². The minimum Gasteiger partial charge on any atom is -0.481 e. The van der Waals surface area contributed by atoms with E-state index in [0.29, 0.717) is 35.3 Å². The maximum Gasteiger partial charge on any atom is 0.305 e. The van der Waals surface area contributed by atoms with Gasteiger partial charge in [-0.15, -0.1) is 0 Å². The van der Waals surface area contributed by atoms with Crippen LogP contribution in [0.3, 0.4) is 0 Å². The predicted molar refractivity (Wildman–Crippen MR) is 110 cm³/mol. The molecule has 1 N–H and O–H groups in total. The van der Waals surface area contributed by atoms with Crippen LogP contribution in [0.15, 0.2) is 42.6 Å². The minimum atomic E-state index is -0.882. The van der Waals surface area contributed by atoms with Crippen molar-refractivity contribution in [2.24, 2.45) is 0 Å². The summed E-state index contributed by atoms with van der Waals surface area (Å²) in [5.74, 6) is -1.03. The van der Waals surface area contributed by atoms with Gasteiger partial charge in [0.2, 0.25) is 0 Å². The zero-order chi connectivity index (χ0) is 20.5. The number of rotatable bonds is 5. The number of nitrogens with zero attached hydrogens (tertiary/aromatic N) is 4. The zero-order valence-electron chi connectivity index (χ0n) is 16.6. The molecule has 1 aliphatic heterocycles. The first-order valence-electron chi connectivity index (χ1n) is 9.92. The van der Waals surface area contributed by atoms with E-state index in [9.17, 15) is 14.7 Å². The summed E-state index contributed by atoms with van der Waals surface area (Å²) < 4.78 is 1.82. The normalized spacial score (nSPS) is 16.7. The second kappa shape index (κ2) is 7.66. The van der Waals surface area contributed by atoms with E-state index >= 15 is 0 Å². The van der Waals surface area contributed by atoms with Gasteiger partial charge in [0.15, 0.2) is 5.65 Å². The third kappa shape index (κ3) is 3.60. The number of benzene rings is 1. The van der Waals surface area contributed by atoms with Gasteiger partial charge >= 0.3 is 5.97 Å². The molecular formula is C22H24N4O3. The summed E-state index contributed by atoms with van der Waals surface area (Å²) in [6.45, 7) is 4.61. The van der Waals surface area contributed by atoms with E-state index in [-0.39, 0.29) is 24.4 Å². The average Bonchev–Trinajstić information content (AvgIpc) is 3.33. The van der Waals surface area contributed by atoms with Crippen LogP contribution in [-0.4, -0.2) is 49.2 Å². The molecule has 7 heteroatoms. The van der Waals surface area contributed by atoms with Crippen LogP contribution >= 0.6 is 0 Å². The number of carboxylic acids is 1. The highest BCUT2D eigenvalue weighted by Gasteiger charge is 2.32. The Morgan fingerprint density at radius 2 is 2.00 bits per heavy atom. The number of aliphatic carboxylic acids is 1. The summed E-state index contributed by atoms with van der Waals surface area (Å²) in [6, 6.07) is 11.4. The Bertz CT molecular complexity index is 1060. The highest BCUT2D eigenvalue weighted by molar-refractivity contribution is 6.06. The van der Waals surface area contributed by atoms with Gasteiger partial charge in [-0.05, 0) is 32.8 Å². The van der Waals surface area contributed by atoms with E-state index in [2.05, 4.69) is 5.10 Å².